The molecule has 0 saturated heterocycles. The molecule has 27 heavy (non-hydrogen) atoms. The summed E-state index contributed by atoms with van der Waals surface area (Å²) in [6.45, 7) is 2.94. The standard InChI is InChI=1S/C20H25ClN2O3S/c1-3-4-5-14-22-20(24)17-8-12-19(13-9-17)23(27(2,25)26)15-16-6-10-18(21)11-7-16/h6-13H,3-5,14-15H2,1-2H3,(H,22,24). The molecule has 0 unspecified atom stereocenters. The van der Waals surface area contributed by atoms with Crippen molar-refractivity contribution in [2.24, 2.45) is 0 Å². The van der Waals surface area contributed by atoms with Gasteiger partial charge in [-0.3, -0.25) is 9.10 Å². The maximum Gasteiger partial charge on any atom is 0.251 e. The fraction of sp³-hybridized carbons (Fsp3) is 0.350. The smallest absolute Gasteiger partial charge is 0.251 e. The summed E-state index contributed by atoms with van der Waals surface area (Å²) in [6, 6.07) is 13.6. The number of halogens is 1. The highest BCUT2D eigenvalue weighted by Gasteiger charge is 2.18. The molecule has 0 aromatic heterocycles. The van der Waals surface area contributed by atoms with Crippen molar-refractivity contribution in [1.29, 1.82) is 0 Å². The van der Waals surface area contributed by atoms with Gasteiger partial charge in [0, 0.05) is 17.1 Å². The molecule has 0 aliphatic heterocycles. The SMILES string of the molecule is CCCCCNC(=O)c1ccc(N(Cc2ccc(Cl)cc2)S(C)(=O)=O)cc1. The van der Waals surface area contributed by atoms with Crippen LogP contribution in [0.2, 0.25) is 5.02 Å². The van der Waals surface area contributed by atoms with Crippen LogP contribution in [0.5, 0.6) is 0 Å². The first kappa shape index (κ1) is 21.3. The molecule has 0 heterocycles. The van der Waals surface area contributed by atoms with Crippen LogP contribution in [-0.2, 0) is 16.6 Å². The molecule has 2 aromatic carbocycles. The lowest BCUT2D eigenvalue weighted by Crippen LogP contribution is -2.29. The summed E-state index contributed by atoms with van der Waals surface area (Å²) in [5.74, 6) is -0.152. The Bertz CT molecular complexity index is 850. The lowest BCUT2D eigenvalue weighted by molar-refractivity contribution is 0.0953. The van der Waals surface area contributed by atoms with E-state index in [1.807, 2.05) is 0 Å². The third-order valence-electron chi connectivity index (χ3n) is 4.12. The van der Waals surface area contributed by atoms with Crippen molar-refractivity contribution in [2.75, 3.05) is 17.1 Å². The van der Waals surface area contributed by atoms with E-state index in [9.17, 15) is 13.2 Å². The normalized spacial score (nSPS) is 11.2. The summed E-state index contributed by atoms with van der Waals surface area (Å²) in [4.78, 5) is 12.2. The molecule has 0 fully saturated rings. The first-order chi connectivity index (χ1) is 12.8. The van der Waals surface area contributed by atoms with Crippen molar-refractivity contribution < 1.29 is 13.2 Å². The summed E-state index contributed by atoms with van der Waals surface area (Å²) < 4.78 is 25.8. The highest BCUT2D eigenvalue weighted by Crippen LogP contribution is 2.22. The van der Waals surface area contributed by atoms with Gasteiger partial charge in [-0.15, -0.1) is 0 Å². The van der Waals surface area contributed by atoms with E-state index in [0.29, 0.717) is 22.8 Å². The van der Waals surface area contributed by atoms with Crippen LogP contribution < -0.4 is 9.62 Å². The average molecular weight is 409 g/mol. The highest BCUT2D eigenvalue weighted by molar-refractivity contribution is 7.92. The molecule has 0 atom stereocenters. The lowest BCUT2D eigenvalue weighted by atomic mass is 10.1. The number of hydrogen-bond acceptors (Lipinski definition) is 3. The zero-order valence-electron chi connectivity index (χ0n) is 15.6. The number of benzene rings is 2. The van der Waals surface area contributed by atoms with E-state index in [1.165, 1.54) is 4.31 Å². The minimum Gasteiger partial charge on any atom is -0.352 e. The predicted molar refractivity (Wildman–Crippen MR) is 111 cm³/mol. The van der Waals surface area contributed by atoms with Crippen LogP contribution in [0.3, 0.4) is 0 Å². The van der Waals surface area contributed by atoms with Crippen LogP contribution in [0, 0.1) is 0 Å². The van der Waals surface area contributed by atoms with Gasteiger partial charge in [0.2, 0.25) is 10.0 Å². The molecular formula is C20H25ClN2O3S. The number of hydrogen-bond donors (Lipinski definition) is 1. The molecule has 1 amide bonds. The van der Waals surface area contributed by atoms with Crippen molar-refractivity contribution in [3.63, 3.8) is 0 Å². The van der Waals surface area contributed by atoms with Crippen LogP contribution in [0.25, 0.3) is 0 Å². The van der Waals surface area contributed by atoms with E-state index in [4.69, 9.17) is 11.6 Å². The number of anilines is 1. The third kappa shape index (κ3) is 6.56. The molecule has 7 heteroatoms. The van der Waals surface area contributed by atoms with Gasteiger partial charge in [-0.25, -0.2) is 8.42 Å². The van der Waals surface area contributed by atoms with Gasteiger partial charge in [-0.2, -0.15) is 0 Å². The van der Waals surface area contributed by atoms with Crippen LogP contribution in [-0.4, -0.2) is 27.1 Å². The molecule has 0 radical (unpaired) electrons. The van der Waals surface area contributed by atoms with Crippen LogP contribution in [0.15, 0.2) is 48.5 Å². The van der Waals surface area contributed by atoms with Crippen LogP contribution in [0.1, 0.15) is 42.1 Å². The van der Waals surface area contributed by atoms with E-state index in [1.54, 1.807) is 48.5 Å². The van der Waals surface area contributed by atoms with Crippen molar-refractivity contribution in [1.82, 2.24) is 5.32 Å². The van der Waals surface area contributed by atoms with Gasteiger partial charge < -0.3 is 5.32 Å². The van der Waals surface area contributed by atoms with Crippen molar-refractivity contribution in [3.8, 4) is 0 Å². The molecule has 0 spiro atoms. The molecule has 2 aromatic rings. The molecule has 2 rings (SSSR count). The maximum absolute atomic E-state index is 12.2. The number of unbranched alkanes of at least 4 members (excludes halogenated alkanes) is 2. The second-order valence-electron chi connectivity index (χ2n) is 6.41. The Morgan fingerprint density at radius 2 is 1.67 bits per heavy atom. The van der Waals surface area contributed by atoms with Crippen molar-refractivity contribution >= 4 is 33.2 Å². The van der Waals surface area contributed by atoms with E-state index in [2.05, 4.69) is 12.2 Å². The number of carbonyl (C=O) groups excluding carboxylic acids is 1. The number of carbonyl (C=O) groups is 1. The van der Waals surface area contributed by atoms with Crippen molar-refractivity contribution in [3.05, 3.63) is 64.7 Å². The first-order valence-electron chi connectivity index (χ1n) is 8.91. The Morgan fingerprint density at radius 1 is 1.04 bits per heavy atom. The lowest BCUT2D eigenvalue weighted by Gasteiger charge is -2.22. The summed E-state index contributed by atoms with van der Waals surface area (Å²) in [7, 11) is -3.48. The first-order valence-corrected chi connectivity index (χ1v) is 11.1. The molecule has 0 aliphatic rings. The van der Waals surface area contributed by atoms with E-state index < -0.39 is 10.0 Å². The molecule has 5 nitrogen and oxygen atoms in total. The predicted octanol–water partition coefficient (Wildman–Crippen LogP) is 4.23. The van der Waals surface area contributed by atoms with E-state index in [-0.39, 0.29) is 12.5 Å². The topological polar surface area (TPSA) is 66.5 Å². The fourth-order valence-corrected chi connectivity index (χ4v) is 3.63. The Morgan fingerprint density at radius 3 is 2.22 bits per heavy atom. The van der Waals surface area contributed by atoms with Gasteiger partial charge >= 0.3 is 0 Å². The van der Waals surface area contributed by atoms with Gasteiger partial charge in [-0.1, -0.05) is 43.5 Å². The maximum atomic E-state index is 12.2. The molecule has 0 bridgehead atoms. The number of nitrogens with one attached hydrogen (secondary N) is 1. The molecular weight excluding hydrogens is 384 g/mol. The Labute approximate surface area is 166 Å². The summed E-state index contributed by atoms with van der Waals surface area (Å²) in [5.41, 5.74) is 1.84. The summed E-state index contributed by atoms with van der Waals surface area (Å²) in [6.07, 6.45) is 4.29. The molecule has 0 saturated carbocycles. The van der Waals surface area contributed by atoms with Crippen molar-refractivity contribution in [2.45, 2.75) is 32.7 Å². The monoisotopic (exact) mass is 408 g/mol. The molecule has 146 valence electrons. The molecule has 1 N–H and O–H groups in total. The average Bonchev–Trinajstić information content (AvgIpc) is 2.64. The minimum absolute atomic E-state index is 0.152. The highest BCUT2D eigenvalue weighted by atomic mass is 35.5. The summed E-state index contributed by atoms with van der Waals surface area (Å²) in [5, 5.41) is 3.47. The van der Waals surface area contributed by atoms with Gasteiger partial charge in [0.1, 0.15) is 0 Å². The Balaban J connectivity index is 2.12. The second kappa shape index (κ2) is 9.76. The van der Waals surface area contributed by atoms with Gasteiger partial charge in [0.05, 0.1) is 18.5 Å². The van der Waals surface area contributed by atoms with E-state index in [0.717, 1.165) is 31.1 Å². The quantitative estimate of drug-likeness (QED) is 0.631. The van der Waals surface area contributed by atoms with E-state index >= 15 is 0 Å². The minimum atomic E-state index is -3.48. The molecule has 0 aliphatic carbocycles. The number of amides is 1. The number of sulfonamides is 1. The Kier molecular flexibility index (Phi) is 7.68. The zero-order valence-corrected chi connectivity index (χ0v) is 17.2. The third-order valence-corrected chi connectivity index (χ3v) is 5.52. The number of rotatable bonds is 9. The second-order valence-corrected chi connectivity index (χ2v) is 8.75. The van der Waals surface area contributed by atoms with Crippen LogP contribution in [0.4, 0.5) is 5.69 Å². The van der Waals surface area contributed by atoms with Gasteiger partial charge in [0.25, 0.3) is 5.91 Å². The Hall–Kier alpha value is -2.05. The van der Waals surface area contributed by atoms with Crippen LogP contribution >= 0.6 is 11.6 Å². The largest absolute Gasteiger partial charge is 0.352 e. The van der Waals surface area contributed by atoms with Gasteiger partial charge in [0.15, 0.2) is 0 Å². The fourth-order valence-electron chi connectivity index (χ4n) is 2.61. The summed E-state index contributed by atoms with van der Waals surface area (Å²) >= 11 is 5.89. The van der Waals surface area contributed by atoms with Gasteiger partial charge in [-0.05, 0) is 48.4 Å². The number of nitrogens with zero attached hydrogens (tertiary/aromatic N) is 1. The zero-order chi connectivity index (χ0) is 19.9.